The maximum Gasteiger partial charge on any atom is 0.721 e. The lowest BCUT2D eigenvalue weighted by atomic mass is 9.84. The zero-order valence-electron chi connectivity index (χ0n) is 11.7. The smallest absolute Gasteiger partial charge is 0.386 e. The third-order valence-corrected chi connectivity index (χ3v) is 3.48. The van der Waals surface area contributed by atoms with Crippen LogP contribution in [-0.2, 0) is 9.45 Å². The van der Waals surface area contributed by atoms with E-state index in [4.69, 9.17) is 5.73 Å². The summed E-state index contributed by atoms with van der Waals surface area (Å²) < 4.78 is 29.3. The van der Waals surface area contributed by atoms with E-state index in [0.717, 1.165) is 0 Å². The van der Waals surface area contributed by atoms with Crippen molar-refractivity contribution in [3.05, 3.63) is 35.9 Å². The first-order valence-electron chi connectivity index (χ1n) is 6.89. The summed E-state index contributed by atoms with van der Waals surface area (Å²) in [6, 6.07) is 8.16. The highest BCUT2D eigenvalue weighted by molar-refractivity contribution is 6.34. The zero-order valence-corrected chi connectivity index (χ0v) is 11.7. The number of carbonyl (C=O) groups is 2. The van der Waals surface area contributed by atoms with Crippen molar-refractivity contribution in [2.24, 2.45) is 16.6 Å². The van der Waals surface area contributed by atoms with Gasteiger partial charge in [-0.1, -0.05) is 18.2 Å². The van der Waals surface area contributed by atoms with Crippen LogP contribution in [0.5, 0.6) is 0 Å². The first kappa shape index (κ1) is 16.3. The third-order valence-electron chi connectivity index (χ3n) is 3.48. The van der Waals surface area contributed by atoms with Crippen molar-refractivity contribution in [3.8, 4) is 0 Å². The molecule has 0 bridgehead atoms. The minimum Gasteiger partial charge on any atom is -0.386 e. The molecule has 0 radical (unpaired) electrons. The lowest BCUT2D eigenvalue weighted by Gasteiger charge is -2.29. The lowest BCUT2D eigenvalue weighted by Crippen LogP contribution is -2.45. The average molecular weight is 308 g/mol. The van der Waals surface area contributed by atoms with Crippen molar-refractivity contribution in [2.45, 2.75) is 25.4 Å². The van der Waals surface area contributed by atoms with E-state index in [2.05, 4.69) is 9.65 Å². The Balaban J connectivity index is 2.20. The summed E-state index contributed by atoms with van der Waals surface area (Å²) in [4.78, 5) is 27.6. The van der Waals surface area contributed by atoms with Gasteiger partial charge in [0.1, 0.15) is 11.6 Å². The van der Waals surface area contributed by atoms with Gasteiger partial charge in [0, 0.05) is 12.0 Å². The quantitative estimate of drug-likeness (QED) is 0.523. The second-order valence-electron chi connectivity index (χ2n) is 4.98. The number of nitrogens with two attached hydrogens (primary N) is 1. The third kappa shape index (κ3) is 3.97. The maximum atomic E-state index is 12.4. The predicted octanol–water partition coefficient (Wildman–Crippen LogP) is 1.86. The van der Waals surface area contributed by atoms with Gasteiger partial charge >= 0.3 is 7.47 Å². The van der Waals surface area contributed by atoms with Crippen molar-refractivity contribution in [3.63, 3.8) is 0 Å². The van der Waals surface area contributed by atoms with Crippen molar-refractivity contribution in [1.82, 2.24) is 0 Å². The Morgan fingerprint density at radius 1 is 1.32 bits per heavy atom. The van der Waals surface area contributed by atoms with Gasteiger partial charge in [0.25, 0.3) is 5.91 Å². The van der Waals surface area contributed by atoms with E-state index in [1.807, 2.05) is 0 Å². The second kappa shape index (κ2) is 7.26. The predicted molar refractivity (Wildman–Crippen MR) is 77.6 cm³/mol. The van der Waals surface area contributed by atoms with Gasteiger partial charge in [-0.3, -0.25) is 18.2 Å². The molecular weight excluding hydrogens is 293 g/mol. The van der Waals surface area contributed by atoms with Crippen molar-refractivity contribution in [2.75, 3.05) is 0 Å². The molecule has 1 fully saturated rings. The minimum atomic E-state index is -3.00. The molecule has 1 amide bonds. The topological polar surface area (TPSA) is 81.8 Å². The van der Waals surface area contributed by atoms with Gasteiger partial charge < -0.3 is 10.4 Å². The summed E-state index contributed by atoms with van der Waals surface area (Å²) in [5, 5.41) is 0. The molecule has 1 aromatic carbocycles. The SMILES string of the molecule is NC(=NC(=O)c1ccccc1)C1C(=O)CCCC1OB(F)F. The van der Waals surface area contributed by atoms with Crippen LogP contribution in [0.3, 0.4) is 0 Å². The van der Waals surface area contributed by atoms with E-state index in [1.54, 1.807) is 30.3 Å². The van der Waals surface area contributed by atoms with Crippen LogP contribution in [0.1, 0.15) is 29.6 Å². The van der Waals surface area contributed by atoms with Crippen LogP contribution in [-0.4, -0.2) is 31.1 Å². The second-order valence-corrected chi connectivity index (χ2v) is 4.98. The van der Waals surface area contributed by atoms with Crippen molar-refractivity contribution < 1.29 is 22.9 Å². The average Bonchev–Trinajstić information content (AvgIpc) is 2.47. The number of nitrogens with zero attached hydrogens (tertiary/aromatic N) is 1. The van der Waals surface area contributed by atoms with Crippen LogP contribution in [0.2, 0.25) is 0 Å². The molecule has 5 nitrogen and oxygen atoms in total. The molecular formula is C14H15BF2N2O3. The van der Waals surface area contributed by atoms with Crippen molar-refractivity contribution >= 4 is 25.0 Å². The van der Waals surface area contributed by atoms with Crippen LogP contribution >= 0.6 is 0 Å². The molecule has 1 aromatic rings. The van der Waals surface area contributed by atoms with Gasteiger partial charge in [-0.25, -0.2) is 0 Å². The molecule has 22 heavy (non-hydrogen) atoms. The maximum absolute atomic E-state index is 12.4. The van der Waals surface area contributed by atoms with Crippen LogP contribution in [0.15, 0.2) is 35.3 Å². The standard InChI is InChI=1S/C14H15BF2N2O3/c16-15(17)22-11-8-4-7-10(20)12(11)13(18)19-14(21)9-5-2-1-3-6-9/h1-3,5-6,11-12H,4,7-8H2,(H2,18,19,21). The number of halogens is 2. The number of hydrogen-bond acceptors (Lipinski definition) is 3. The Hall–Kier alpha value is -2.09. The summed E-state index contributed by atoms with van der Waals surface area (Å²) >= 11 is 0. The Labute approximate surface area is 126 Å². The summed E-state index contributed by atoms with van der Waals surface area (Å²) in [7, 11) is -3.00. The van der Waals surface area contributed by atoms with E-state index >= 15 is 0 Å². The van der Waals surface area contributed by atoms with E-state index in [1.165, 1.54) is 0 Å². The van der Waals surface area contributed by atoms with E-state index in [-0.39, 0.29) is 24.5 Å². The molecule has 0 aliphatic heterocycles. The van der Waals surface area contributed by atoms with Gasteiger partial charge in [0.2, 0.25) is 0 Å². The number of benzene rings is 1. The highest BCUT2D eigenvalue weighted by Gasteiger charge is 2.38. The van der Waals surface area contributed by atoms with Crippen LogP contribution in [0.25, 0.3) is 0 Å². The van der Waals surface area contributed by atoms with Crippen LogP contribution < -0.4 is 5.73 Å². The van der Waals surface area contributed by atoms with Gasteiger partial charge in [0.15, 0.2) is 0 Å². The number of aliphatic imine (C=N–C) groups is 1. The highest BCUT2D eigenvalue weighted by atomic mass is 19.2. The fourth-order valence-electron chi connectivity index (χ4n) is 2.47. The van der Waals surface area contributed by atoms with Crippen molar-refractivity contribution in [1.29, 1.82) is 0 Å². The molecule has 0 spiro atoms. The van der Waals surface area contributed by atoms with Crippen LogP contribution in [0.4, 0.5) is 8.63 Å². The van der Waals surface area contributed by atoms with Gasteiger partial charge in [-0.15, -0.1) is 0 Å². The fourth-order valence-corrected chi connectivity index (χ4v) is 2.47. The summed E-state index contributed by atoms with van der Waals surface area (Å²) in [5.74, 6) is -2.33. The molecule has 0 aromatic heterocycles. The number of Topliss-reactive ketones (excluding diaryl/α,β-unsaturated/α-hetero) is 1. The van der Waals surface area contributed by atoms with E-state index in [9.17, 15) is 18.2 Å². The number of amides is 1. The fraction of sp³-hybridized carbons (Fsp3) is 0.357. The summed E-state index contributed by atoms with van der Waals surface area (Å²) in [6.45, 7) is 0. The molecule has 116 valence electrons. The Morgan fingerprint density at radius 2 is 2.00 bits per heavy atom. The number of carbonyl (C=O) groups excluding carboxylic acids is 2. The Kier molecular flexibility index (Phi) is 5.38. The van der Waals surface area contributed by atoms with Gasteiger partial charge in [-0.2, -0.15) is 4.99 Å². The lowest BCUT2D eigenvalue weighted by molar-refractivity contribution is -0.125. The summed E-state index contributed by atoms with van der Waals surface area (Å²) in [5.41, 5.74) is 6.03. The molecule has 2 N–H and O–H groups in total. The zero-order chi connectivity index (χ0) is 16.1. The highest BCUT2D eigenvalue weighted by Crippen LogP contribution is 2.25. The normalized spacial score (nSPS) is 22.5. The van der Waals surface area contributed by atoms with Gasteiger partial charge in [0.05, 0.1) is 12.0 Å². The molecule has 2 unspecified atom stereocenters. The van der Waals surface area contributed by atoms with Crippen LogP contribution in [0, 0.1) is 5.92 Å². The van der Waals surface area contributed by atoms with E-state index in [0.29, 0.717) is 12.0 Å². The molecule has 8 heteroatoms. The molecule has 2 atom stereocenters. The molecule has 2 rings (SSSR count). The monoisotopic (exact) mass is 308 g/mol. The number of hydrogen-bond donors (Lipinski definition) is 1. The molecule has 0 saturated heterocycles. The Morgan fingerprint density at radius 3 is 2.64 bits per heavy atom. The largest absolute Gasteiger partial charge is 0.721 e. The summed E-state index contributed by atoms with van der Waals surface area (Å²) in [6.07, 6.45) is -0.110. The Bertz CT molecular complexity index is 581. The number of rotatable bonds is 4. The molecule has 0 heterocycles. The number of amidine groups is 1. The molecule has 1 aliphatic carbocycles. The van der Waals surface area contributed by atoms with E-state index < -0.39 is 25.4 Å². The minimum absolute atomic E-state index is 0.212. The first-order valence-corrected chi connectivity index (χ1v) is 6.89. The van der Waals surface area contributed by atoms with Gasteiger partial charge in [-0.05, 0) is 25.0 Å². The molecule has 1 saturated carbocycles. The first-order chi connectivity index (χ1) is 10.5. The molecule has 1 aliphatic rings. The number of ketones is 1.